The van der Waals surface area contributed by atoms with E-state index in [9.17, 15) is 4.79 Å². The molecule has 2 heterocycles. The zero-order chi connectivity index (χ0) is 17.2. The lowest BCUT2D eigenvalue weighted by Crippen LogP contribution is -2.39. The van der Waals surface area contributed by atoms with Gasteiger partial charge in [-0.25, -0.2) is 21.5 Å². The Balaban J connectivity index is 2.15. The number of nitrogen functional groups attached to an aromatic ring is 1. The summed E-state index contributed by atoms with van der Waals surface area (Å²) in [7, 11) is -0.361. The molecule has 5 nitrogen and oxygen atoms in total. The Bertz CT molecular complexity index is 707. The summed E-state index contributed by atoms with van der Waals surface area (Å²) in [5.41, 5.74) is 7.32. The Morgan fingerprint density at radius 3 is 2.61 bits per heavy atom. The molecule has 0 radical (unpaired) electrons. The van der Waals surface area contributed by atoms with Gasteiger partial charge < -0.3 is 25.4 Å². The second-order valence-corrected chi connectivity index (χ2v) is 7.97. The van der Waals surface area contributed by atoms with Gasteiger partial charge in [0.25, 0.3) is 0 Å². The van der Waals surface area contributed by atoms with Crippen LogP contribution in [0.4, 0.5) is 10.6 Å². The van der Waals surface area contributed by atoms with Gasteiger partial charge in [-0.2, -0.15) is 0 Å². The average Bonchev–Trinajstić information content (AvgIpc) is 2.45. The van der Waals surface area contributed by atoms with Crippen LogP contribution >= 0.6 is 0 Å². The molecule has 0 aromatic carbocycles. The summed E-state index contributed by atoms with van der Waals surface area (Å²) in [6.45, 7) is 6.71. The van der Waals surface area contributed by atoms with Crippen LogP contribution in [0.3, 0.4) is 0 Å². The molecule has 0 aliphatic carbocycles. The highest BCUT2D eigenvalue weighted by molar-refractivity contribution is 7.91. The van der Waals surface area contributed by atoms with Crippen molar-refractivity contribution in [2.45, 2.75) is 37.7 Å². The highest BCUT2D eigenvalue weighted by atomic mass is 32.2. The van der Waals surface area contributed by atoms with Gasteiger partial charge in [0.15, 0.2) is 0 Å². The summed E-state index contributed by atoms with van der Waals surface area (Å²) in [6, 6.07) is 3.79. The minimum absolute atomic E-state index is 0.286. The molecule has 0 saturated carbocycles. The number of hydrogen-bond donors (Lipinski definition) is 1. The zero-order valence-corrected chi connectivity index (χ0v) is 14.8. The zero-order valence-electron chi connectivity index (χ0n) is 14.0. The first-order valence-electron chi connectivity index (χ1n) is 7.44. The van der Waals surface area contributed by atoms with Crippen LogP contribution in [0.25, 0.3) is 5.57 Å². The summed E-state index contributed by atoms with van der Waals surface area (Å²) in [5, 5.41) is 0. The molecule has 1 aliphatic rings. The van der Waals surface area contributed by atoms with Gasteiger partial charge in [-0.3, -0.25) is 0 Å². The van der Waals surface area contributed by atoms with Crippen LogP contribution < -0.4 is 5.73 Å². The van der Waals surface area contributed by atoms with Crippen LogP contribution in [0, 0.1) is 0 Å². The molecule has 23 heavy (non-hydrogen) atoms. The Hall–Kier alpha value is -1.95. The molecule has 1 aromatic rings. The molecule has 0 unspecified atom stereocenters. The van der Waals surface area contributed by atoms with Crippen molar-refractivity contribution in [2.75, 3.05) is 18.8 Å². The number of carbonyl (C=O) groups excluding carboxylic acids is 1. The fourth-order valence-electron chi connectivity index (χ4n) is 2.25. The van der Waals surface area contributed by atoms with Crippen LogP contribution in [0.1, 0.15) is 32.9 Å². The molecule has 0 bridgehead atoms. The van der Waals surface area contributed by atoms with E-state index in [1.54, 1.807) is 4.90 Å². The third-order valence-corrected chi connectivity index (χ3v) is 4.24. The number of rotatable bonds is 2. The Morgan fingerprint density at radius 2 is 2.09 bits per heavy atom. The van der Waals surface area contributed by atoms with Gasteiger partial charge in [-0.15, -0.1) is 4.90 Å². The van der Waals surface area contributed by atoms with E-state index < -0.39 is 5.60 Å². The molecule has 126 valence electrons. The van der Waals surface area contributed by atoms with E-state index in [1.807, 2.05) is 39.0 Å². The van der Waals surface area contributed by atoms with Crippen molar-refractivity contribution < 1.29 is 9.53 Å². The van der Waals surface area contributed by atoms with Crippen molar-refractivity contribution in [1.29, 1.82) is 0 Å². The fraction of sp³-hybridized carbons (Fsp3) is 0.412. The number of nitrogens with zero attached hydrogens (tertiary/aromatic N) is 2. The monoisotopic (exact) mass is 334 g/mol. The summed E-state index contributed by atoms with van der Waals surface area (Å²) in [4.78, 5) is 19.1. The van der Waals surface area contributed by atoms with E-state index in [2.05, 4.69) is 16.7 Å². The summed E-state index contributed by atoms with van der Waals surface area (Å²) < 4.78 is 5.39. The molecule has 1 amide bonds. The number of anilines is 1. The van der Waals surface area contributed by atoms with Crippen LogP contribution in [-0.2, 0) is 14.8 Å². The maximum absolute atomic E-state index is 12.1. The summed E-state index contributed by atoms with van der Waals surface area (Å²) >= 11 is 0. The average molecular weight is 334 g/mol. The first-order valence-corrected chi connectivity index (χ1v) is 9.00. The van der Waals surface area contributed by atoms with Crippen LogP contribution in [-0.4, -0.2) is 46.4 Å². The van der Waals surface area contributed by atoms with E-state index in [1.165, 1.54) is 0 Å². The van der Waals surface area contributed by atoms with Gasteiger partial charge in [0.2, 0.25) is 0 Å². The highest BCUT2D eigenvalue weighted by Crippen LogP contribution is 2.24. The van der Waals surface area contributed by atoms with Crippen molar-refractivity contribution in [3.63, 3.8) is 0 Å². The van der Waals surface area contributed by atoms with E-state index >= 15 is 0 Å². The van der Waals surface area contributed by atoms with Gasteiger partial charge >= 0.3 is 6.09 Å². The molecule has 1 aliphatic heterocycles. The normalized spacial score (nSPS) is 15.5. The smallest absolute Gasteiger partial charge is 0.410 e. The first kappa shape index (κ1) is 17.4. The van der Waals surface area contributed by atoms with Crippen molar-refractivity contribution >= 4 is 39.3 Å². The van der Waals surface area contributed by atoms with Crippen LogP contribution in [0.15, 0.2) is 23.1 Å². The van der Waals surface area contributed by atoms with Crippen molar-refractivity contribution in [2.24, 2.45) is 0 Å². The van der Waals surface area contributed by atoms with Gasteiger partial charge in [-0.1, -0.05) is 12.1 Å². The van der Waals surface area contributed by atoms with E-state index in [0.717, 1.165) is 22.6 Å². The Labute approximate surface area is 139 Å². The molecule has 0 saturated heterocycles. The minimum Gasteiger partial charge on any atom is -0.457 e. The SMILES string of the molecule is C=[S-](=C)c1cc(N)nc(C2=CCN(C(=O)OC(C)(C)C)CC2)c1. The predicted octanol–water partition coefficient (Wildman–Crippen LogP) is 2.53. The Morgan fingerprint density at radius 1 is 1.39 bits per heavy atom. The van der Waals surface area contributed by atoms with Gasteiger partial charge in [0, 0.05) is 13.1 Å². The number of amides is 1. The second-order valence-electron chi connectivity index (χ2n) is 6.51. The molecule has 6 heteroatoms. The van der Waals surface area contributed by atoms with Crippen molar-refractivity contribution in [1.82, 2.24) is 9.88 Å². The minimum atomic E-state index is -0.483. The number of carbonyl (C=O) groups is 1. The predicted molar refractivity (Wildman–Crippen MR) is 98.9 cm³/mol. The Kier molecular flexibility index (Phi) is 5.04. The molecular formula is C17H24N3O2S-. The topological polar surface area (TPSA) is 68.5 Å². The van der Waals surface area contributed by atoms with E-state index in [4.69, 9.17) is 10.5 Å². The number of hydrogen-bond acceptors (Lipinski definition) is 5. The largest absolute Gasteiger partial charge is 0.457 e. The number of ether oxygens (including phenoxy) is 1. The van der Waals surface area contributed by atoms with E-state index in [0.29, 0.717) is 18.9 Å². The van der Waals surface area contributed by atoms with Gasteiger partial charge in [0.1, 0.15) is 11.4 Å². The van der Waals surface area contributed by atoms with E-state index in [-0.39, 0.29) is 16.2 Å². The second kappa shape index (κ2) is 6.66. The lowest BCUT2D eigenvalue weighted by atomic mass is 10.0. The molecule has 2 rings (SSSR count). The van der Waals surface area contributed by atoms with Gasteiger partial charge in [-0.05, 0) is 38.8 Å². The third kappa shape index (κ3) is 4.76. The summed E-state index contributed by atoms with van der Waals surface area (Å²) in [6.07, 6.45) is 2.44. The van der Waals surface area contributed by atoms with Gasteiger partial charge in [0.05, 0.1) is 5.69 Å². The highest BCUT2D eigenvalue weighted by Gasteiger charge is 2.24. The molecule has 1 aromatic heterocycles. The molecule has 2 N–H and O–H groups in total. The first-order chi connectivity index (χ1) is 10.7. The van der Waals surface area contributed by atoms with Crippen molar-refractivity contribution in [3.8, 4) is 0 Å². The quantitative estimate of drug-likeness (QED) is 0.666. The fourth-order valence-corrected chi connectivity index (χ4v) is 2.82. The number of nitrogens with two attached hydrogens (primary N) is 1. The van der Waals surface area contributed by atoms with Crippen LogP contribution in [0.5, 0.6) is 0 Å². The number of pyridine rings is 1. The van der Waals surface area contributed by atoms with Crippen molar-refractivity contribution in [3.05, 3.63) is 23.9 Å². The number of aromatic nitrogens is 1. The lowest BCUT2D eigenvalue weighted by molar-refractivity contribution is 0.0270. The maximum Gasteiger partial charge on any atom is 0.410 e. The molecular weight excluding hydrogens is 310 g/mol. The molecule has 0 spiro atoms. The third-order valence-electron chi connectivity index (χ3n) is 3.34. The summed E-state index contributed by atoms with van der Waals surface area (Å²) in [5.74, 6) is 8.37. The lowest BCUT2D eigenvalue weighted by Gasteiger charge is -2.29. The standard InChI is InChI=1S/C17H24N3O2S/c1-17(2,3)22-16(21)20-8-6-12(7-9-20)14-10-13(23(4)5)11-15(18)19-14/h6,10-11H,4-5,7-9H2,1-3H3,(H2,18,19)/q-1. The van der Waals surface area contributed by atoms with Crippen LogP contribution in [0.2, 0.25) is 0 Å². The molecule has 0 atom stereocenters. The molecule has 0 fully saturated rings. The maximum atomic E-state index is 12.1.